The summed E-state index contributed by atoms with van der Waals surface area (Å²) in [5, 5.41) is 1.25. The van der Waals surface area contributed by atoms with Crippen molar-refractivity contribution < 1.29 is 13.2 Å². The van der Waals surface area contributed by atoms with Gasteiger partial charge >= 0.3 is 0 Å². The molecule has 0 spiro atoms. The number of rotatable bonds is 7. The molecule has 1 aliphatic heterocycles. The summed E-state index contributed by atoms with van der Waals surface area (Å²) in [5.74, 6) is 0. The smallest absolute Gasteiger partial charge is 0.227 e. The monoisotopic (exact) mass is 414 g/mol. The van der Waals surface area contributed by atoms with Crippen LogP contribution in [0.25, 0.3) is 10.9 Å². The van der Waals surface area contributed by atoms with Crippen molar-refractivity contribution in [3.05, 3.63) is 54.0 Å². The molecule has 29 heavy (non-hydrogen) atoms. The molecule has 1 atom stereocenters. The molecule has 3 aromatic rings. The highest BCUT2D eigenvalue weighted by atomic mass is 32.2. The number of hydrogen-bond acceptors (Lipinski definition) is 6. The second-order valence-corrected chi connectivity index (χ2v) is 9.62. The van der Waals surface area contributed by atoms with Gasteiger partial charge in [0.2, 0.25) is 15.0 Å². The summed E-state index contributed by atoms with van der Waals surface area (Å²) in [6, 6.07) is 10.1. The lowest BCUT2D eigenvalue weighted by molar-refractivity contribution is 0.0934. The number of aromatic nitrogens is 3. The molecule has 0 saturated carbocycles. The Morgan fingerprint density at radius 2 is 2.03 bits per heavy atom. The highest BCUT2D eigenvalue weighted by Gasteiger charge is 2.24. The molecule has 1 aromatic carbocycles. The van der Waals surface area contributed by atoms with E-state index in [1.807, 2.05) is 42.1 Å². The fourth-order valence-electron chi connectivity index (χ4n) is 3.92. The first-order chi connectivity index (χ1) is 13.9. The second kappa shape index (κ2) is 8.22. The van der Waals surface area contributed by atoms with E-state index in [1.165, 1.54) is 11.8 Å². The number of sulfone groups is 1. The minimum Gasteiger partial charge on any atom is -0.376 e. The van der Waals surface area contributed by atoms with Crippen LogP contribution in [0.5, 0.6) is 0 Å². The Kier molecular flexibility index (Phi) is 5.67. The maximum Gasteiger partial charge on any atom is 0.227 e. The van der Waals surface area contributed by atoms with Crippen molar-refractivity contribution in [3.8, 4) is 0 Å². The van der Waals surface area contributed by atoms with E-state index >= 15 is 0 Å². The third-order valence-corrected chi connectivity index (χ3v) is 6.24. The molecule has 0 N–H and O–H groups in total. The number of fused-ring (bicyclic) bond motifs is 1. The number of ether oxygens (including phenoxy) is 1. The number of nitrogens with zero attached hydrogens (tertiary/aromatic N) is 4. The Bertz CT molecular complexity index is 1100. The molecule has 1 aliphatic rings. The van der Waals surface area contributed by atoms with Gasteiger partial charge in [-0.3, -0.25) is 9.88 Å². The van der Waals surface area contributed by atoms with Crippen molar-refractivity contribution in [3.63, 3.8) is 0 Å². The topological polar surface area (TPSA) is 77.3 Å². The summed E-state index contributed by atoms with van der Waals surface area (Å²) in [6.45, 7) is 2.57. The minimum atomic E-state index is -3.41. The predicted molar refractivity (Wildman–Crippen MR) is 111 cm³/mol. The minimum absolute atomic E-state index is 0.0397. The van der Waals surface area contributed by atoms with Crippen molar-refractivity contribution in [2.24, 2.45) is 0 Å². The summed E-state index contributed by atoms with van der Waals surface area (Å²) in [5.41, 5.74) is 3.04. The lowest BCUT2D eigenvalue weighted by Crippen LogP contribution is -2.24. The maximum absolute atomic E-state index is 12.2. The van der Waals surface area contributed by atoms with Crippen LogP contribution in [0.15, 0.2) is 47.9 Å². The van der Waals surface area contributed by atoms with Gasteiger partial charge in [-0.25, -0.2) is 13.4 Å². The predicted octanol–water partition coefficient (Wildman–Crippen LogP) is 2.65. The Morgan fingerprint density at radius 1 is 1.21 bits per heavy atom. The summed E-state index contributed by atoms with van der Waals surface area (Å²) >= 11 is 0. The average Bonchev–Trinajstić information content (AvgIpc) is 3.33. The zero-order valence-corrected chi connectivity index (χ0v) is 17.6. The van der Waals surface area contributed by atoms with Crippen LogP contribution >= 0.6 is 0 Å². The fraction of sp³-hybridized carbons (Fsp3) is 0.429. The van der Waals surface area contributed by atoms with E-state index in [9.17, 15) is 8.42 Å². The van der Waals surface area contributed by atoms with Gasteiger partial charge in [-0.05, 0) is 37.6 Å². The van der Waals surface area contributed by atoms with Crippen LogP contribution in [0.4, 0.5) is 0 Å². The number of para-hydroxylation sites is 1. The first-order valence-corrected chi connectivity index (χ1v) is 11.7. The lowest BCUT2D eigenvalue weighted by Gasteiger charge is -2.20. The lowest BCUT2D eigenvalue weighted by atomic mass is 10.1. The molecular formula is C21H26N4O3S. The van der Waals surface area contributed by atoms with Crippen LogP contribution < -0.4 is 0 Å². The van der Waals surface area contributed by atoms with Crippen molar-refractivity contribution >= 4 is 20.7 Å². The van der Waals surface area contributed by atoms with Gasteiger partial charge in [0, 0.05) is 37.5 Å². The molecule has 154 valence electrons. The van der Waals surface area contributed by atoms with Crippen LogP contribution in [0.3, 0.4) is 0 Å². The van der Waals surface area contributed by atoms with E-state index in [1.54, 1.807) is 6.20 Å². The SMILES string of the molecule is CN(Cc1ccnc2ccccc12)Cc1cnc(S(C)(=O)=O)n1CC1CCCO1. The van der Waals surface area contributed by atoms with Gasteiger partial charge in [-0.2, -0.15) is 0 Å². The molecule has 0 aliphatic carbocycles. The molecule has 4 rings (SSSR count). The zero-order valence-electron chi connectivity index (χ0n) is 16.8. The molecule has 7 nitrogen and oxygen atoms in total. The van der Waals surface area contributed by atoms with Gasteiger partial charge < -0.3 is 9.30 Å². The van der Waals surface area contributed by atoms with Crippen molar-refractivity contribution in [2.45, 2.75) is 43.7 Å². The van der Waals surface area contributed by atoms with Crippen LogP contribution in [-0.2, 0) is 34.2 Å². The molecule has 8 heteroatoms. The second-order valence-electron chi connectivity index (χ2n) is 7.71. The summed E-state index contributed by atoms with van der Waals surface area (Å²) in [6.07, 6.45) is 6.70. The largest absolute Gasteiger partial charge is 0.376 e. The molecule has 0 radical (unpaired) electrons. The molecule has 3 heterocycles. The normalized spacial score (nSPS) is 17.4. The molecule has 0 amide bonds. The van der Waals surface area contributed by atoms with Crippen LogP contribution in [0, 0.1) is 0 Å². The van der Waals surface area contributed by atoms with Crippen molar-refractivity contribution in [1.29, 1.82) is 0 Å². The summed E-state index contributed by atoms with van der Waals surface area (Å²) in [7, 11) is -1.38. The number of pyridine rings is 1. The number of benzene rings is 1. The van der Waals surface area contributed by atoms with E-state index in [0.29, 0.717) is 13.1 Å². The van der Waals surface area contributed by atoms with Crippen molar-refractivity contribution in [2.75, 3.05) is 19.9 Å². The Labute approximate surface area is 171 Å². The number of imidazole rings is 1. The Morgan fingerprint density at radius 3 is 2.79 bits per heavy atom. The first kappa shape index (κ1) is 20.0. The fourth-order valence-corrected chi connectivity index (χ4v) is 4.75. The molecule has 1 saturated heterocycles. The van der Waals surface area contributed by atoms with Crippen LogP contribution in [0.2, 0.25) is 0 Å². The van der Waals surface area contributed by atoms with E-state index in [0.717, 1.165) is 42.6 Å². The quantitative estimate of drug-likeness (QED) is 0.592. The van der Waals surface area contributed by atoms with Gasteiger partial charge in [-0.1, -0.05) is 18.2 Å². The van der Waals surface area contributed by atoms with Gasteiger partial charge in [0.05, 0.1) is 30.1 Å². The molecule has 2 aromatic heterocycles. The van der Waals surface area contributed by atoms with Gasteiger partial charge in [0.25, 0.3) is 0 Å². The Hall–Kier alpha value is -2.29. The zero-order chi connectivity index (χ0) is 20.4. The van der Waals surface area contributed by atoms with E-state index < -0.39 is 9.84 Å². The van der Waals surface area contributed by atoms with Gasteiger partial charge in [-0.15, -0.1) is 0 Å². The maximum atomic E-state index is 12.2. The molecule has 1 unspecified atom stereocenters. The highest BCUT2D eigenvalue weighted by Crippen LogP contribution is 2.21. The first-order valence-electron chi connectivity index (χ1n) is 9.79. The van der Waals surface area contributed by atoms with E-state index in [2.05, 4.69) is 20.9 Å². The van der Waals surface area contributed by atoms with Gasteiger partial charge in [0.1, 0.15) is 0 Å². The number of hydrogen-bond donors (Lipinski definition) is 0. The van der Waals surface area contributed by atoms with E-state index in [-0.39, 0.29) is 11.3 Å². The third-order valence-electron chi connectivity index (χ3n) is 5.25. The average molecular weight is 415 g/mol. The highest BCUT2D eigenvalue weighted by molar-refractivity contribution is 7.90. The standard InChI is InChI=1S/C21H26N4O3S/c1-24(13-16-9-10-22-20-8-4-3-7-19(16)20)14-17-12-23-21(29(2,26)27)25(17)15-18-6-5-11-28-18/h3-4,7-10,12,18H,5-6,11,13-15H2,1-2H3. The van der Waals surface area contributed by atoms with E-state index in [4.69, 9.17) is 4.74 Å². The summed E-state index contributed by atoms with van der Waals surface area (Å²) in [4.78, 5) is 10.8. The van der Waals surface area contributed by atoms with Crippen LogP contribution in [-0.4, -0.2) is 53.9 Å². The molecule has 1 fully saturated rings. The van der Waals surface area contributed by atoms with Crippen molar-refractivity contribution in [1.82, 2.24) is 19.4 Å². The summed E-state index contributed by atoms with van der Waals surface area (Å²) < 4.78 is 32.0. The Balaban J connectivity index is 1.57. The molecular weight excluding hydrogens is 388 g/mol. The molecule has 0 bridgehead atoms. The third kappa shape index (κ3) is 4.49. The van der Waals surface area contributed by atoms with Gasteiger partial charge in [0.15, 0.2) is 0 Å². The van der Waals surface area contributed by atoms with Crippen LogP contribution in [0.1, 0.15) is 24.1 Å².